The van der Waals surface area contributed by atoms with Crippen molar-refractivity contribution < 1.29 is 21.8 Å². The Hall–Kier alpha value is -2.77. The second-order valence-corrected chi connectivity index (χ2v) is 9.39. The maximum atomic E-state index is 12.8. The maximum Gasteiger partial charge on any atom is 0.340 e. The first kappa shape index (κ1) is 22.9. The molecule has 1 aromatic heterocycles. The van der Waals surface area contributed by atoms with E-state index in [4.69, 9.17) is 20.2 Å². The van der Waals surface area contributed by atoms with E-state index < -0.39 is 10.1 Å². The van der Waals surface area contributed by atoms with Crippen LogP contribution in [0.3, 0.4) is 0 Å². The molecule has 0 bridgehead atoms. The van der Waals surface area contributed by atoms with Crippen LogP contribution >= 0.6 is 11.6 Å². The quantitative estimate of drug-likeness (QED) is 0.431. The largest absolute Gasteiger partial charge is 0.467 e. The van der Waals surface area contributed by atoms with Crippen LogP contribution < -0.4 is 4.18 Å². The Balaban J connectivity index is 1.84. The Labute approximate surface area is 187 Å². The van der Waals surface area contributed by atoms with Gasteiger partial charge in [-0.15, -0.1) is 0 Å². The second-order valence-electron chi connectivity index (χ2n) is 7.50. The van der Waals surface area contributed by atoms with Crippen molar-refractivity contribution in [1.82, 2.24) is 4.90 Å². The first-order chi connectivity index (χ1) is 14.7. The molecule has 0 radical (unpaired) electrons. The molecule has 31 heavy (non-hydrogen) atoms. The van der Waals surface area contributed by atoms with Crippen LogP contribution in [0.4, 0.5) is 0 Å². The molecule has 3 rings (SSSR count). The lowest BCUT2D eigenvalue weighted by Crippen LogP contribution is -2.33. The van der Waals surface area contributed by atoms with E-state index in [1.165, 1.54) is 6.07 Å². The summed E-state index contributed by atoms with van der Waals surface area (Å²) in [4.78, 5) is 14.3. The maximum absolute atomic E-state index is 12.8. The van der Waals surface area contributed by atoms with Gasteiger partial charge in [0, 0.05) is 12.5 Å². The number of hydrogen-bond acceptors (Lipinski definition) is 5. The van der Waals surface area contributed by atoms with Gasteiger partial charge in [0.05, 0.1) is 17.8 Å². The lowest BCUT2D eigenvalue weighted by atomic mass is 10.1. The normalized spacial score (nSPS) is 11.5. The summed E-state index contributed by atoms with van der Waals surface area (Å²) in [5.74, 6) is 0.574. The molecule has 8 heteroatoms. The van der Waals surface area contributed by atoms with Gasteiger partial charge in [0.25, 0.3) is 0 Å². The highest BCUT2D eigenvalue weighted by Gasteiger charge is 2.23. The van der Waals surface area contributed by atoms with Crippen molar-refractivity contribution >= 4 is 27.6 Å². The molecule has 0 saturated carbocycles. The van der Waals surface area contributed by atoms with Crippen molar-refractivity contribution in [3.63, 3.8) is 0 Å². The van der Waals surface area contributed by atoms with Crippen LogP contribution in [-0.4, -0.2) is 19.2 Å². The van der Waals surface area contributed by atoms with Gasteiger partial charge in [-0.1, -0.05) is 49.7 Å². The van der Waals surface area contributed by atoms with E-state index in [2.05, 4.69) is 0 Å². The number of carbonyl (C=O) groups is 1. The molecular formula is C23H24ClNO5S. The summed E-state index contributed by atoms with van der Waals surface area (Å²) in [7, 11) is -4.12. The van der Waals surface area contributed by atoms with E-state index in [0.29, 0.717) is 17.9 Å². The number of nitrogens with zero attached hydrogens (tertiary/aromatic N) is 1. The standard InChI is InChI=1S/C23H24ClNO5S/c1-16(2)23(26)25(15-20-10-6-12-29-20)14-18-8-5-9-19(13-18)30-31(27,28)22-17(3)7-4-11-21(22)24/h4-13,16H,14-15H2,1-3H3. The molecule has 0 fully saturated rings. The van der Waals surface area contributed by atoms with Crippen molar-refractivity contribution in [2.45, 2.75) is 38.8 Å². The summed E-state index contributed by atoms with van der Waals surface area (Å²) in [5.41, 5.74) is 1.22. The minimum atomic E-state index is -4.12. The third kappa shape index (κ3) is 5.68. The van der Waals surface area contributed by atoms with E-state index in [1.807, 2.05) is 19.9 Å². The van der Waals surface area contributed by atoms with E-state index >= 15 is 0 Å². The number of furan rings is 1. The molecule has 6 nitrogen and oxygen atoms in total. The molecule has 0 aliphatic rings. The van der Waals surface area contributed by atoms with Gasteiger partial charge < -0.3 is 13.5 Å². The highest BCUT2D eigenvalue weighted by atomic mass is 35.5. The predicted molar refractivity (Wildman–Crippen MR) is 118 cm³/mol. The Morgan fingerprint density at radius 2 is 1.84 bits per heavy atom. The summed E-state index contributed by atoms with van der Waals surface area (Å²) < 4.78 is 36.3. The van der Waals surface area contributed by atoms with Gasteiger partial charge in [-0.3, -0.25) is 4.79 Å². The van der Waals surface area contributed by atoms with E-state index in [-0.39, 0.29) is 34.0 Å². The monoisotopic (exact) mass is 461 g/mol. The first-order valence-corrected chi connectivity index (χ1v) is 11.6. The average molecular weight is 462 g/mol. The molecule has 0 aliphatic heterocycles. The van der Waals surface area contributed by atoms with Gasteiger partial charge in [-0.25, -0.2) is 0 Å². The van der Waals surface area contributed by atoms with Crippen LogP contribution in [0, 0.1) is 12.8 Å². The molecule has 0 spiro atoms. The minimum absolute atomic E-state index is 0.0398. The Kier molecular flexibility index (Phi) is 7.08. The van der Waals surface area contributed by atoms with Crippen molar-refractivity contribution in [2.75, 3.05) is 0 Å². The van der Waals surface area contributed by atoms with Gasteiger partial charge in [-0.05, 0) is 48.4 Å². The van der Waals surface area contributed by atoms with Crippen LogP contribution in [-0.2, 0) is 28.0 Å². The molecule has 2 aromatic carbocycles. The first-order valence-electron chi connectivity index (χ1n) is 9.77. The second kappa shape index (κ2) is 9.58. The highest BCUT2D eigenvalue weighted by Crippen LogP contribution is 2.28. The molecule has 164 valence electrons. The SMILES string of the molecule is Cc1cccc(Cl)c1S(=O)(=O)Oc1cccc(CN(Cc2ccco2)C(=O)C(C)C)c1. The van der Waals surface area contributed by atoms with Crippen LogP contribution in [0.5, 0.6) is 5.75 Å². The van der Waals surface area contributed by atoms with E-state index in [0.717, 1.165) is 5.56 Å². The molecule has 0 saturated heterocycles. The molecule has 1 amide bonds. The summed E-state index contributed by atoms with van der Waals surface area (Å²) >= 11 is 6.10. The molecule has 1 heterocycles. The zero-order valence-electron chi connectivity index (χ0n) is 17.5. The van der Waals surface area contributed by atoms with Gasteiger partial charge in [0.2, 0.25) is 5.91 Å². The lowest BCUT2D eigenvalue weighted by Gasteiger charge is -2.24. The van der Waals surface area contributed by atoms with E-state index in [1.54, 1.807) is 60.6 Å². The third-order valence-corrected chi connectivity index (χ3v) is 6.50. The van der Waals surface area contributed by atoms with Crippen molar-refractivity contribution in [1.29, 1.82) is 0 Å². The summed E-state index contributed by atoms with van der Waals surface area (Å²) in [6, 6.07) is 15.1. The molecule has 0 aliphatic carbocycles. The minimum Gasteiger partial charge on any atom is -0.467 e. The Morgan fingerprint density at radius 1 is 1.10 bits per heavy atom. The molecule has 3 aromatic rings. The van der Waals surface area contributed by atoms with Gasteiger partial charge in [0.15, 0.2) is 0 Å². The third-order valence-electron chi connectivity index (χ3n) is 4.62. The Morgan fingerprint density at radius 3 is 2.48 bits per heavy atom. The number of halogens is 1. The van der Waals surface area contributed by atoms with Crippen LogP contribution in [0.1, 0.15) is 30.7 Å². The number of carbonyl (C=O) groups excluding carboxylic acids is 1. The number of hydrogen-bond donors (Lipinski definition) is 0. The molecular weight excluding hydrogens is 438 g/mol. The molecule has 0 N–H and O–H groups in total. The van der Waals surface area contributed by atoms with E-state index in [9.17, 15) is 13.2 Å². The fourth-order valence-electron chi connectivity index (χ4n) is 3.19. The predicted octanol–water partition coefficient (Wildman–Crippen LogP) is 5.19. The average Bonchev–Trinajstić information content (AvgIpc) is 3.19. The smallest absolute Gasteiger partial charge is 0.340 e. The Bertz CT molecular complexity index is 1140. The zero-order chi connectivity index (χ0) is 22.6. The summed E-state index contributed by atoms with van der Waals surface area (Å²) in [5, 5.41) is 0.100. The van der Waals surface area contributed by atoms with Crippen LogP contribution in [0.2, 0.25) is 5.02 Å². The summed E-state index contributed by atoms with van der Waals surface area (Å²) in [6.07, 6.45) is 1.56. The van der Waals surface area contributed by atoms with Crippen LogP contribution in [0.25, 0.3) is 0 Å². The van der Waals surface area contributed by atoms with Crippen LogP contribution in [0.15, 0.2) is 70.2 Å². The fourth-order valence-corrected chi connectivity index (χ4v) is 4.90. The number of aryl methyl sites for hydroxylation is 1. The fraction of sp³-hybridized carbons (Fsp3) is 0.261. The van der Waals surface area contributed by atoms with Crippen molar-refractivity contribution in [3.05, 3.63) is 82.8 Å². The molecule has 0 unspecified atom stereocenters. The lowest BCUT2D eigenvalue weighted by molar-refractivity contribution is -0.136. The van der Waals surface area contributed by atoms with Gasteiger partial charge in [-0.2, -0.15) is 8.42 Å². The van der Waals surface area contributed by atoms with Gasteiger partial charge in [0.1, 0.15) is 16.4 Å². The molecule has 0 atom stereocenters. The highest BCUT2D eigenvalue weighted by molar-refractivity contribution is 7.87. The topological polar surface area (TPSA) is 76.8 Å². The zero-order valence-corrected chi connectivity index (χ0v) is 19.1. The van der Waals surface area contributed by atoms with Gasteiger partial charge >= 0.3 is 10.1 Å². The number of benzene rings is 2. The number of rotatable bonds is 8. The summed E-state index contributed by atoms with van der Waals surface area (Å²) in [6.45, 7) is 5.90. The van der Waals surface area contributed by atoms with Crippen molar-refractivity contribution in [3.8, 4) is 5.75 Å². The number of amides is 1. The van der Waals surface area contributed by atoms with Crippen molar-refractivity contribution in [2.24, 2.45) is 5.92 Å².